The highest BCUT2D eigenvalue weighted by Crippen LogP contribution is 2.16. The average Bonchev–Trinajstić information content (AvgIpc) is 2.68. The van der Waals surface area contributed by atoms with Gasteiger partial charge in [-0.15, -0.1) is 0 Å². The van der Waals surface area contributed by atoms with Crippen LogP contribution in [-0.2, 0) is 4.79 Å². The number of nitrogens with zero attached hydrogens (tertiary/aromatic N) is 2. The second kappa shape index (κ2) is 9.28. The molecule has 1 amide bonds. The first-order valence-electron chi connectivity index (χ1n) is 9.04. The van der Waals surface area contributed by atoms with E-state index in [0.717, 1.165) is 38.4 Å². The maximum Gasteiger partial charge on any atom is 0.244 e. The van der Waals surface area contributed by atoms with Crippen molar-refractivity contribution in [3.63, 3.8) is 0 Å². The second-order valence-corrected chi connectivity index (χ2v) is 6.48. The highest BCUT2D eigenvalue weighted by atomic mass is 19.1. The minimum absolute atomic E-state index is 0.191. The molecular weight excluding hydrogens is 348 g/mol. The molecule has 2 aromatic carbocycles. The molecule has 0 aliphatic carbocycles. The molecule has 2 aromatic rings. The molecule has 1 heterocycles. The van der Waals surface area contributed by atoms with Crippen molar-refractivity contribution in [3.8, 4) is 0 Å². The average molecular weight is 371 g/mol. The minimum atomic E-state index is -0.322. The monoisotopic (exact) mass is 371 g/mol. The molecule has 0 saturated carbocycles. The van der Waals surface area contributed by atoms with Crippen molar-refractivity contribution >= 4 is 17.7 Å². The standard InChI is InChI=1S/C21H23F2N3O/c22-18-5-7-20(8-6-18)26-14-12-25(13-15-26)11-10-24-21(27)9-4-17-2-1-3-19(23)16-17/h1-9,16H,10-15H2,(H,24,27)/b9-4-. The van der Waals surface area contributed by atoms with E-state index >= 15 is 0 Å². The Balaban J connectivity index is 1.36. The Bertz CT molecular complexity index is 784. The summed E-state index contributed by atoms with van der Waals surface area (Å²) >= 11 is 0. The van der Waals surface area contributed by atoms with Gasteiger partial charge < -0.3 is 10.2 Å². The molecule has 0 radical (unpaired) electrons. The Kier molecular flexibility index (Phi) is 6.54. The number of anilines is 1. The van der Waals surface area contributed by atoms with E-state index in [1.807, 2.05) is 0 Å². The van der Waals surface area contributed by atoms with Gasteiger partial charge >= 0.3 is 0 Å². The van der Waals surface area contributed by atoms with Crippen LogP contribution in [-0.4, -0.2) is 50.1 Å². The topological polar surface area (TPSA) is 35.6 Å². The Morgan fingerprint density at radius 1 is 1.00 bits per heavy atom. The molecule has 0 spiro atoms. The predicted octanol–water partition coefficient (Wildman–Crippen LogP) is 2.92. The van der Waals surface area contributed by atoms with E-state index in [-0.39, 0.29) is 17.5 Å². The smallest absolute Gasteiger partial charge is 0.244 e. The molecule has 1 saturated heterocycles. The van der Waals surface area contributed by atoms with E-state index in [1.54, 1.807) is 30.3 Å². The van der Waals surface area contributed by atoms with Gasteiger partial charge in [0, 0.05) is 51.0 Å². The molecule has 0 unspecified atom stereocenters. The van der Waals surface area contributed by atoms with Crippen LogP contribution in [0.4, 0.5) is 14.5 Å². The maximum atomic E-state index is 13.1. The number of amides is 1. The van der Waals surface area contributed by atoms with Crippen LogP contribution in [0.1, 0.15) is 5.56 Å². The lowest BCUT2D eigenvalue weighted by Crippen LogP contribution is -2.48. The van der Waals surface area contributed by atoms with Gasteiger partial charge in [0.2, 0.25) is 5.91 Å². The van der Waals surface area contributed by atoms with Crippen LogP contribution < -0.4 is 10.2 Å². The van der Waals surface area contributed by atoms with Crippen LogP contribution >= 0.6 is 0 Å². The molecule has 4 nitrogen and oxygen atoms in total. The SMILES string of the molecule is O=C(/C=C\c1cccc(F)c1)NCCN1CCN(c2ccc(F)cc2)CC1. The third-order valence-corrected chi connectivity index (χ3v) is 4.57. The lowest BCUT2D eigenvalue weighted by atomic mass is 10.2. The van der Waals surface area contributed by atoms with Crippen molar-refractivity contribution in [2.24, 2.45) is 0 Å². The molecule has 0 bridgehead atoms. The normalized spacial score (nSPS) is 15.3. The van der Waals surface area contributed by atoms with E-state index in [1.165, 1.54) is 30.3 Å². The first-order chi connectivity index (χ1) is 13.1. The molecule has 0 atom stereocenters. The summed E-state index contributed by atoms with van der Waals surface area (Å²) in [5.41, 5.74) is 1.69. The molecule has 1 fully saturated rings. The minimum Gasteiger partial charge on any atom is -0.369 e. The number of carbonyl (C=O) groups excluding carboxylic acids is 1. The highest BCUT2D eigenvalue weighted by molar-refractivity contribution is 5.91. The Labute approximate surface area is 158 Å². The summed E-state index contributed by atoms with van der Waals surface area (Å²) in [7, 11) is 0. The number of carbonyl (C=O) groups is 1. The summed E-state index contributed by atoms with van der Waals surface area (Å²) in [5, 5.41) is 2.85. The van der Waals surface area contributed by atoms with E-state index in [9.17, 15) is 13.6 Å². The van der Waals surface area contributed by atoms with Gasteiger partial charge in [0.05, 0.1) is 0 Å². The van der Waals surface area contributed by atoms with Crippen molar-refractivity contribution in [1.82, 2.24) is 10.2 Å². The molecule has 142 valence electrons. The fraction of sp³-hybridized carbons (Fsp3) is 0.286. The number of hydrogen-bond donors (Lipinski definition) is 1. The lowest BCUT2D eigenvalue weighted by Gasteiger charge is -2.36. The number of benzene rings is 2. The third-order valence-electron chi connectivity index (χ3n) is 4.57. The van der Waals surface area contributed by atoms with Crippen molar-refractivity contribution in [2.45, 2.75) is 0 Å². The van der Waals surface area contributed by atoms with Gasteiger partial charge in [-0.25, -0.2) is 8.78 Å². The van der Waals surface area contributed by atoms with Gasteiger partial charge in [0.1, 0.15) is 11.6 Å². The van der Waals surface area contributed by atoms with Crippen LogP contribution in [0.2, 0.25) is 0 Å². The summed E-state index contributed by atoms with van der Waals surface area (Å²) in [5.74, 6) is -0.735. The van der Waals surface area contributed by atoms with Crippen molar-refractivity contribution in [2.75, 3.05) is 44.2 Å². The molecule has 1 N–H and O–H groups in total. The number of hydrogen-bond acceptors (Lipinski definition) is 3. The fourth-order valence-electron chi connectivity index (χ4n) is 3.06. The quantitative estimate of drug-likeness (QED) is 0.793. The van der Waals surface area contributed by atoms with Crippen molar-refractivity contribution in [3.05, 3.63) is 71.8 Å². The van der Waals surface area contributed by atoms with Gasteiger partial charge in [-0.2, -0.15) is 0 Å². The molecule has 27 heavy (non-hydrogen) atoms. The van der Waals surface area contributed by atoms with Gasteiger partial charge in [-0.3, -0.25) is 9.69 Å². The summed E-state index contributed by atoms with van der Waals surface area (Å²) < 4.78 is 26.1. The van der Waals surface area contributed by atoms with E-state index in [0.29, 0.717) is 12.1 Å². The van der Waals surface area contributed by atoms with Crippen molar-refractivity contribution < 1.29 is 13.6 Å². The van der Waals surface area contributed by atoms with E-state index < -0.39 is 0 Å². The van der Waals surface area contributed by atoms with Gasteiger partial charge in [0.25, 0.3) is 0 Å². The number of halogens is 2. The Morgan fingerprint density at radius 3 is 2.44 bits per heavy atom. The van der Waals surface area contributed by atoms with Crippen molar-refractivity contribution in [1.29, 1.82) is 0 Å². The zero-order valence-electron chi connectivity index (χ0n) is 15.1. The molecule has 0 aromatic heterocycles. The Morgan fingerprint density at radius 2 is 1.74 bits per heavy atom. The second-order valence-electron chi connectivity index (χ2n) is 6.48. The maximum absolute atomic E-state index is 13.1. The van der Waals surface area contributed by atoms with Crippen LogP contribution in [0.3, 0.4) is 0 Å². The number of nitrogens with one attached hydrogen (secondary N) is 1. The fourth-order valence-corrected chi connectivity index (χ4v) is 3.06. The zero-order valence-corrected chi connectivity index (χ0v) is 15.1. The van der Waals surface area contributed by atoms with Gasteiger partial charge in [-0.05, 0) is 48.0 Å². The predicted molar refractivity (Wildman–Crippen MR) is 103 cm³/mol. The molecule has 6 heteroatoms. The summed E-state index contributed by atoms with van der Waals surface area (Å²) in [6.45, 7) is 4.87. The third kappa shape index (κ3) is 5.89. The lowest BCUT2D eigenvalue weighted by molar-refractivity contribution is -0.116. The number of piperazine rings is 1. The van der Waals surface area contributed by atoms with Crippen LogP contribution in [0.25, 0.3) is 6.08 Å². The first kappa shape index (κ1) is 19.0. The van der Waals surface area contributed by atoms with Crippen LogP contribution in [0.15, 0.2) is 54.6 Å². The summed E-state index contributed by atoms with van der Waals surface area (Å²) in [6.07, 6.45) is 3.02. The van der Waals surface area contributed by atoms with Gasteiger partial charge in [0.15, 0.2) is 0 Å². The first-order valence-corrected chi connectivity index (χ1v) is 9.04. The Hall–Kier alpha value is -2.73. The molecule has 1 aliphatic rings. The van der Waals surface area contributed by atoms with E-state index in [2.05, 4.69) is 15.1 Å². The molecule has 1 aliphatic heterocycles. The van der Waals surface area contributed by atoms with Gasteiger partial charge in [-0.1, -0.05) is 12.1 Å². The summed E-state index contributed by atoms with van der Waals surface area (Å²) in [4.78, 5) is 16.4. The molecular formula is C21H23F2N3O. The highest BCUT2D eigenvalue weighted by Gasteiger charge is 2.16. The summed E-state index contributed by atoms with van der Waals surface area (Å²) in [6, 6.07) is 12.7. The van der Waals surface area contributed by atoms with E-state index in [4.69, 9.17) is 0 Å². The van der Waals surface area contributed by atoms with Crippen LogP contribution in [0, 0.1) is 11.6 Å². The van der Waals surface area contributed by atoms with Crippen LogP contribution in [0.5, 0.6) is 0 Å². The largest absolute Gasteiger partial charge is 0.369 e. The molecule has 3 rings (SSSR count). The zero-order chi connectivity index (χ0) is 19.1. The number of rotatable bonds is 6.